The molecule has 1 aromatic heterocycles. The number of aliphatic hydroxyl groups is 1. The first-order valence-corrected chi connectivity index (χ1v) is 5.77. The van der Waals surface area contributed by atoms with Gasteiger partial charge in [0.15, 0.2) is 0 Å². The van der Waals surface area contributed by atoms with Gasteiger partial charge in [-0.1, -0.05) is 6.92 Å². The Hall–Kier alpha value is -1.36. The quantitative estimate of drug-likeness (QED) is 0.583. The van der Waals surface area contributed by atoms with E-state index in [2.05, 4.69) is 27.5 Å². The van der Waals surface area contributed by atoms with Gasteiger partial charge in [-0.3, -0.25) is 0 Å². The summed E-state index contributed by atoms with van der Waals surface area (Å²) in [4.78, 5) is 8.24. The Morgan fingerprint density at radius 3 is 2.44 bits per heavy atom. The van der Waals surface area contributed by atoms with Crippen LogP contribution in [-0.2, 0) is 0 Å². The van der Waals surface area contributed by atoms with E-state index in [0.29, 0.717) is 0 Å². The Labute approximate surface area is 96.3 Å². The van der Waals surface area contributed by atoms with E-state index in [9.17, 15) is 0 Å². The topological polar surface area (TPSA) is 70.1 Å². The summed E-state index contributed by atoms with van der Waals surface area (Å²) in [7, 11) is 0. The van der Waals surface area contributed by atoms with E-state index < -0.39 is 0 Å². The number of aliphatic hydroxyl groups excluding tert-OH is 1. The molecule has 0 aliphatic heterocycles. The highest BCUT2D eigenvalue weighted by Gasteiger charge is 1.97. The van der Waals surface area contributed by atoms with Crippen LogP contribution in [0.5, 0.6) is 0 Å². The van der Waals surface area contributed by atoms with Crippen LogP contribution < -0.4 is 10.6 Å². The zero-order chi connectivity index (χ0) is 11.6. The van der Waals surface area contributed by atoms with Gasteiger partial charge in [0.05, 0.1) is 0 Å². The van der Waals surface area contributed by atoms with Crippen LogP contribution >= 0.6 is 0 Å². The lowest BCUT2D eigenvalue weighted by molar-refractivity contribution is 0.286. The third kappa shape index (κ3) is 4.93. The van der Waals surface area contributed by atoms with Crippen molar-refractivity contribution < 1.29 is 5.11 Å². The number of hydrogen-bond acceptors (Lipinski definition) is 5. The van der Waals surface area contributed by atoms with Crippen LogP contribution in [-0.4, -0.2) is 34.8 Å². The SMILES string of the molecule is CCCNc1cc(NCCCCO)ncn1. The van der Waals surface area contributed by atoms with Crippen LogP contribution in [0.2, 0.25) is 0 Å². The molecule has 1 rings (SSSR count). The molecule has 0 radical (unpaired) electrons. The fourth-order valence-electron chi connectivity index (χ4n) is 1.26. The van der Waals surface area contributed by atoms with Gasteiger partial charge in [0, 0.05) is 25.8 Å². The molecule has 5 nitrogen and oxygen atoms in total. The summed E-state index contributed by atoms with van der Waals surface area (Å²) in [6, 6.07) is 1.90. The number of aromatic nitrogens is 2. The molecule has 1 heterocycles. The summed E-state index contributed by atoms with van der Waals surface area (Å²) in [5.41, 5.74) is 0. The molecule has 3 N–H and O–H groups in total. The number of nitrogens with zero attached hydrogens (tertiary/aromatic N) is 2. The van der Waals surface area contributed by atoms with Crippen molar-refractivity contribution in [2.24, 2.45) is 0 Å². The molecular formula is C11H20N4O. The predicted octanol–water partition coefficient (Wildman–Crippen LogP) is 1.48. The Balaban J connectivity index is 2.35. The van der Waals surface area contributed by atoms with Crippen molar-refractivity contribution in [1.29, 1.82) is 0 Å². The first kappa shape index (κ1) is 12.7. The minimum absolute atomic E-state index is 0.245. The van der Waals surface area contributed by atoms with Gasteiger partial charge >= 0.3 is 0 Å². The summed E-state index contributed by atoms with van der Waals surface area (Å²) < 4.78 is 0. The number of hydrogen-bond donors (Lipinski definition) is 3. The molecule has 0 unspecified atom stereocenters. The summed E-state index contributed by atoms with van der Waals surface area (Å²) in [6.45, 7) is 4.10. The van der Waals surface area contributed by atoms with E-state index in [1.165, 1.54) is 0 Å². The van der Waals surface area contributed by atoms with Crippen molar-refractivity contribution in [2.75, 3.05) is 30.3 Å². The smallest absolute Gasteiger partial charge is 0.131 e. The minimum Gasteiger partial charge on any atom is -0.396 e. The summed E-state index contributed by atoms with van der Waals surface area (Å²) in [5.74, 6) is 1.67. The maximum atomic E-state index is 8.64. The number of anilines is 2. The van der Waals surface area contributed by atoms with E-state index in [0.717, 1.165) is 44.0 Å². The van der Waals surface area contributed by atoms with Crippen molar-refractivity contribution >= 4 is 11.6 Å². The fraction of sp³-hybridized carbons (Fsp3) is 0.636. The van der Waals surface area contributed by atoms with Crippen molar-refractivity contribution in [3.63, 3.8) is 0 Å². The molecule has 5 heteroatoms. The third-order valence-corrected chi connectivity index (χ3v) is 2.11. The molecule has 0 saturated heterocycles. The first-order valence-electron chi connectivity index (χ1n) is 5.77. The van der Waals surface area contributed by atoms with Crippen molar-refractivity contribution in [1.82, 2.24) is 9.97 Å². The molecule has 90 valence electrons. The van der Waals surface area contributed by atoms with E-state index in [4.69, 9.17) is 5.11 Å². The van der Waals surface area contributed by atoms with Gasteiger partial charge in [0.1, 0.15) is 18.0 Å². The Bertz CT molecular complexity index is 293. The Morgan fingerprint density at radius 2 is 1.81 bits per heavy atom. The molecule has 0 spiro atoms. The molecule has 0 amide bonds. The van der Waals surface area contributed by atoms with Gasteiger partial charge in [0.25, 0.3) is 0 Å². The molecule has 1 aromatic rings. The van der Waals surface area contributed by atoms with Gasteiger partial charge in [-0.2, -0.15) is 0 Å². The van der Waals surface area contributed by atoms with Crippen LogP contribution in [0.3, 0.4) is 0 Å². The highest BCUT2D eigenvalue weighted by Crippen LogP contribution is 2.08. The average molecular weight is 224 g/mol. The Kier molecular flexibility index (Phi) is 6.25. The van der Waals surface area contributed by atoms with Crippen LogP contribution in [0.4, 0.5) is 11.6 Å². The zero-order valence-electron chi connectivity index (χ0n) is 9.74. The highest BCUT2D eigenvalue weighted by molar-refractivity contribution is 5.46. The summed E-state index contributed by atoms with van der Waals surface area (Å²) >= 11 is 0. The molecule has 0 aliphatic rings. The molecule has 16 heavy (non-hydrogen) atoms. The van der Waals surface area contributed by atoms with Crippen LogP contribution in [0.15, 0.2) is 12.4 Å². The van der Waals surface area contributed by atoms with Crippen molar-refractivity contribution in [3.05, 3.63) is 12.4 Å². The highest BCUT2D eigenvalue weighted by atomic mass is 16.2. The van der Waals surface area contributed by atoms with Crippen molar-refractivity contribution in [2.45, 2.75) is 26.2 Å². The Morgan fingerprint density at radius 1 is 1.12 bits per heavy atom. The van der Waals surface area contributed by atoms with E-state index in [1.807, 2.05) is 6.07 Å². The predicted molar refractivity (Wildman–Crippen MR) is 65.6 cm³/mol. The number of unbranched alkanes of at least 4 members (excludes halogenated alkanes) is 1. The second kappa shape index (κ2) is 7.87. The largest absolute Gasteiger partial charge is 0.396 e. The fourth-order valence-corrected chi connectivity index (χ4v) is 1.26. The average Bonchev–Trinajstić information content (AvgIpc) is 2.33. The molecule has 0 aromatic carbocycles. The third-order valence-electron chi connectivity index (χ3n) is 2.11. The minimum atomic E-state index is 0.245. The van der Waals surface area contributed by atoms with Gasteiger partial charge in [-0.25, -0.2) is 9.97 Å². The second-order valence-corrected chi connectivity index (χ2v) is 3.57. The maximum absolute atomic E-state index is 8.64. The molecule has 0 atom stereocenters. The van der Waals surface area contributed by atoms with Crippen molar-refractivity contribution in [3.8, 4) is 0 Å². The van der Waals surface area contributed by atoms with Crippen LogP contribution in [0.25, 0.3) is 0 Å². The van der Waals surface area contributed by atoms with Gasteiger partial charge < -0.3 is 15.7 Å². The lowest BCUT2D eigenvalue weighted by Gasteiger charge is -2.07. The standard InChI is InChI=1S/C11H20N4O/c1-2-5-12-10-8-11(15-9-14-10)13-6-3-4-7-16/h8-9,16H,2-7H2,1H3,(H2,12,13,14,15). The summed E-state index contributed by atoms with van der Waals surface area (Å²) in [5, 5.41) is 15.0. The lowest BCUT2D eigenvalue weighted by atomic mass is 10.3. The molecule has 0 aliphatic carbocycles. The molecule has 0 bridgehead atoms. The molecule has 0 saturated carbocycles. The normalized spacial score (nSPS) is 10.1. The van der Waals surface area contributed by atoms with E-state index in [-0.39, 0.29) is 6.61 Å². The van der Waals surface area contributed by atoms with Gasteiger partial charge in [0.2, 0.25) is 0 Å². The van der Waals surface area contributed by atoms with E-state index >= 15 is 0 Å². The van der Waals surface area contributed by atoms with E-state index in [1.54, 1.807) is 6.33 Å². The lowest BCUT2D eigenvalue weighted by Crippen LogP contribution is -2.07. The summed E-state index contributed by atoms with van der Waals surface area (Å²) in [6.07, 6.45) is 4.38. The monoisotopic (exact) mass is 224 g/mol. The van der Waals surface area contributed by atoms with Crippen LogP contribution in [0.1, 0.15) is 26.2 Å². The van der Waals surface area contributed by atoms with Gasteiger partial charge in [-0.15, -0.1) is 0 Å². The van der Waals surface area contributed by atoms with Crippen LogP contribution in [0, 0.1) is 0 Å². The number of rotatable bonds is 8. The first-order chi connectivity index (χ1) is 7.86. The second-order valence-electron chi connectivity index (χ2n) is 3.57. The zero-order valence-corrected chi connectivity index (χ0v) is 9.74. The number of nitrogens with one attached hydrogen (secondary N) is 2. The molecular weight excluding hydrogens is 204 g/mol. The maximum Gasteiger partial charge on any atom is 0.131 e. The molecule has 0 fully saturated rings. The van der Waals surface area contributed by atoms with Gasteiger partial charge in [-0.05, 0) is 19.3 Å².